The maximum absolute atomic E-state index is 11.5. The number of pyridine rings is 1. The topological polar surface area (TPSA) is 51.7 Å². The van der Waals surface area contributed by atoms with Crippen molar-refractivity contribution in [3.05, 3.63) is 30.5 Å². The summed E-state index contributed by atoms with van der Waals surface area (Å²) in [6.07, 6.45) is 2.09. The number of rotatable bonds is 6. The first-order chi connectivity index (χ1) is 10.2. The summed E-state index contributed by atoms with van der Waals surface area (Å²) < 4.78 is 10.3. The molecule has 1 heterocycles. The van der Waals surface area contributed by atoms with E-state index in [9.17, 15) is 4.79 Å². The molecular weight excluding hydrogens is 268 g/mol. The van der Waals surface area contributed by atoms with Crippen molar-refractivity contribution in [2.75, 3.05) is 32.2 Å². The zero-order valence-electron chi connectivity index (χ0n) is 12.6. The Morgan fingerprint density at radius 1 is 1.29 bits per heavy atom. The molecule has 0 aliphatic rings. The molecule has 0 saturated heterocycles. The Kier molecular flexibility index (Phi) is 4.98. The molecule has 0 atom stereocenters. The van der Waals surface area contributed by atoms with Crippen molar-refractivity contribution in [3.63, 3.8) is 0 Å². The van der Waals surface area contributed by atoms with Crippen molar-refractivity contribution >= 4 is 22.6 Å². The van der Waals surface area contributed by atoms with Crippen LogP contribution in [0.4, 0.5) is 5.82 Å². The van der Waals surface area contributed by atoms with Crippen LogP contribution in [0, 0.1) is 0 Å². The molecule has 0 unspecified atom stereocenters. The Labute approximate surface area is 124 Å². The molecule has 21 heavy (non-hydrogen) atoms. The second kappa shape index (κ2) is 6.92. The molecule has 5 heteroatoms. The van der Waals surface area contributed by atoms with Crippen LogP contribution >= 0.6 is 0 Å². The smallest absolute Gasteiger partial charge is 0.307 e. The molecule has 1 aromatic heterocycles. The molecule has 112 valence electrons. The molecule has 2 aromatic rings. The number of carbonyl (C=O) groups is 1. The lowest BCUT2D eigenvalue weighted by Gasteiger charge is -2.20. The second-order valence-corrected chi connectivity index (χ2v) is 4.67. The number of aromatic nitrogens is 1. The predicted octanol–water partition coefficient (Wildman–Crippen LogP) is 2.63. The first-order valence-corrected chi connectivity index (χ1v) is 6.95. The van der Waals surface area contributed by atoms with Crippen LogP contribution in [0.5, 0.6) is 5.75 Å². The number of methoxy groups -OCH3 is 1. The van der Waals surface area contributed by atoms with Crippen molar-refractivity contribution < 1.29 is 14.3 Å². The molecule has 0 bridgehead atoms. The molecule has 0 amide bonds. The quantitative estimate of drug-likeness (QED) is 0.765. The number of carbonyl (C=O) groups excluding carboxylic acids is 1. The van der Waals surface area contributed by atoms with E-state index in [0.29, 0.717) is 19.6 Å². The Morgan fingerprint density at radius 2 is 2.10 bits per heavy atom. The molecular formula is C16H20N2O3. The lowest BCUT2D eigenvalue weighted by atomic mass is 10.1. The molecule has 5 nitrogen and oxygen atoms in total. The predicted molar refractivity (Wildman–Crippen MR) is 82.8 cm³/mol. The van der Waals surface area contributed by atoms with E-state index in [1.54, 1.807) is 20.2 Å². The van der Waals surface area contributed by atoms with Gasteiger partial charge >= 0.3 is 5.97 Å². The van der Waals surface area contributed by atoms with Gasteiger partial charge < -0.3 is 14.4 Å². The third-order valence-corrected chi connectivity index (χ3v) is 3.28. The largest absolute Gasteiger partial charge is 0.496 e. The molecule has 0 spiro atoms. The number of anilines is 1. The van der Waals surface area contributed by atoms with Gasteiger partial charge in [0.1, 0.15) is 11.6 Å². The highest BCUT2D eigenvalue weighted by Crippen LogP contribution is 2.30. The Morgan fingerprint density at radius 3 is 2.81 bits per heavy atom. The third kappa shape index (κ3) is 3.42. The molecule has 0 saturated carbocycles. The van der Waals surface area contributed by atoms with Crippen LogP contribution < -0.4 is 9.64 Å². The minimum Gasteiger partial charge on any atom is -0.496 e. The summed E-state index contributed by atoms with van der Waals surface area (Å²) in [7, 11) is 3.57. The second-order valence-electron chi connectivity index (χ2n) is 4.67. The fourth-order valence-corrected chi connectivity index (χ4v) is 2.24. The van der Waals surface area contributed by atoms with Crippen molar-refractivity contribution in [2.45, 2.75) is 13.3 Å². The van der Waals surface area contributed by atoms with Gasteiger partial charge in [-0.1, -0.05) is 12.1 Å². The molecule has 0 aliphatic heterocycles. The molecule has 0 aliphatic carbocycles. The summed E-state index contributed by atoms with van der Waals surface area (Å²) in [6.45, 7) is 2.77. The van der Waals surface area contributed by atoms with Crippen molar-refractivity contribution in [3.8, 4) is 5.75 Å². The molecule has 0 fully saturated rings. The van der Waals surface area contributed by atoms with Gasteiger partial charge in [0.25, 0.3) is 0 Å². The van der Waals surface area contributed by atoms with E-state index in [-0.39, 0.29) is 5.97 Å². The van der Waals surface area contributed by atoms with Crippen LogP contribution in [0.25, 0.3) is 10.8 Å². The van der Waals surface area contributed by atoms with Crippen LogP contribution in [0.3, 0.4) is 0 Å². The minimum absolute atomic E-state index is 0.192. The summed E-state index contributed by atoms with van der Waals surface area (Å²) in [4.78, 5) is 17.8. The van der Waals surface area contributed by atoms with E-state index in [1.165, 1.54) is 0 Å². The molecule has 0 N–H and O–H groups in total. The van der Waals surface area contributed by atoms with Crippen LogP contribution in [-0.4, -0.2) is 38.3 Å². The number of hydrogen-bond donors (Lipinski definition) is 0. The maximum atomic E-state index is 11.5. The monoisotopic (exact) mass is 288 g/mol. The van der Waals surface area contributed by atoms with Gasteiger partial charge in [-0.25, -0.2) is 4.98 Å². The van der Waals surface area contributed by atoms with Crippen molar-refractivity contribution in [1.82, 2.24) is 4.98 Å². The van der Waals surface area contributed by atoms with Gasteiger partial charge in [-0.2, -0.15) is 0 Å². The average molecular weight is 288 g/mol. The lowest BCUT2D eigenvalue weighted by Crippen LogP contribution is -2.23. The number of fused-ring (bicyclic) bond motifs is 1. The number of esters is 1. The zero-order chi connectivity index (χ0) is 15.2. The van der Waals surface area contributed by atoms with Gasteiger partial charge in [-0.15, -0.1) is 0 Å². The van der Waals surface area contributed by atoms with Gasteiger partial charge in [0.05, 0.1) is 20.1 Å². The zero-order valence-corrected chi connectivity index (χ0v) is 12.6. The normalized spacial score (nSPS) is 10.4. The van der Waals surface area contributed by atoms with E-state index < -0.39 is 0 Å². The lowest BCUT2D eigenvalue weighted by molar-refractivity contribution is -0.142. The summed E-state index contributed by atoms with van der Waals surface area (Å²) in [6, 6.07) is 7.79. The molecule has 1 aromatic carbocycles. The van der Waals surface area contributed by atoms with Gasteiger partial charge in [0.2, 0.25) is 0 Å². The summed E-state index contributed by atoms with van der Waals surface area (Å²) in [5.41, 5.74) is 0. The highest BCUT2D eigenvalue weighted by atomic mass is 16.5. The van der Waals surface area contributed by atoms with Crippen LogP contribution in [0.15, 0.2) is 30.5 Å². The van der Waals surface area contributed by atoms with E-state index in [4.69, 9.17) is 9.47 Å². The number of nitrogens with zero attached hydrogens (tertiary/aromatic N) is 2. The molecule has 0 radical (unpaired) electrons. The Balaban J connectivity index is 2.23. The van der Waals surface area contributed by atoms with Gasteiger partial charge in [-0.3, -0.25) is 4.79 Å². The van der Waals surface area contributed by atoms with Crippen LogP contribution in [0.2, 0.25) is 0 Å². The van der Waals surface area contributed by atoms with E-state index in [1.807, 2.05) is 36.2 Å². The van der Waals surface area contributed by atoms with Gasteiger partial charge in [-0.05, 0) is 19.1 Å². The summed E-state index contributed by atoms with van der Waals surface area (Å²) in [5, 5.41) is 2.01. The van der Waals surface area contributed by atoms with E-state index >= 15 is 0 Å². The highest BCUT2D eigenvalue weighted by Gasteiger charge is 2.11. The van der Waals surface area contributed by atoms with Crippen molar-refractivity contribution in [1.29, 1.82) is 0 Å². The van der Waals surface area contributed by atoms with Crippen LogP contribution in [0.1, 0.15) is 13.3 Å². The molecule has 2 rings (SSSR count). The maximum Gasteiger partial charge on any atom is 0.307 e. The third-order valence-electron chi connectivity index (χ3n) is 3.28. The SMILES string of the molecule is CCOC(=O)CCN(C)c1nccc2c(OC)cccc12. The van der Waals surface area contributed by atoms with E-state index in [2.05, 4.69) is 4.98 Å². The fraction of sp³-hybridized carbons (Fsp3) is 0.375. The average Bonchev–Trinajstić information content (AvgIpc) is 2.51. The summed E-state index contributed by atoms with van der Waals surface area (Å²) in [5.74, 6) is 1.45. The standard InChI is InChI=1S/C16H20N2O3/c1-4-21-15(19)9-11-18(2)16-13-6-5-7-14(20-3)12(13)8-10-17-16/h5-8,10H,4,9,11H2,1-3H3. The number of benzene rings is 1. The fourth-order valence-electron chi connectivity index (χ4n) is 2.24. The summed E-state index contributed by atoms with van der Waals surface area (Å²) >= 11 is 0. The Bertz CT molecular complexity index is 628. The first kappa shape index (κ1) is 15.1. The van der Waals surface area contributed by atoms with Crippen LogP contribution in [-0.2, 0) is 9.53 Å². The minimum atomic E-state index is -0.192. The Hall–Kier alpha value is -2.30. The first-order valence-electron chi connectivity index (χ1n) is 6.95. The van der Waals surface area contributed by atoms with Gasteiger partial charge in [0.15, 0.2) is 0 Å². The highest BCUT2D eigenvalue weighted by molar-refractivity contribution is 5.96. The van der Waals surface area contributed by atoms with E-state index in [0.717, 1.165) is 22.3 Å². The number of ether oxygens (including phenoxy) is 2. The number of hydrogen-bond acceptors (Lipinski definition) is 5. The van der Waals surface area contributed by atoms with Gasteiger partial charge in [0, 0.05) is 30.6 Å². The van der Waals surface area contributed by atoms with Crippen molar-refractivity contribution in [2.24, 2.45) is 0 Å².